The molecule has 1 fully saturated rings. The van der Waals surface area contributed by atoms with Gasteiger partial charge in [0.15, 0.2) is 25.7 Å². The number of nitrogens with one attached hydrogen (secondary N) is 2. The molecule has 15 heteroatoms. The second kappa shape index (κ2) is 15.1. The Bertz CT molecular complexity index is 1390. The standard InChI is InChI=1S/C30H52N7O6PSi/c1-14-21-23(42-44(40-16-15-31-11)37(19(4)5)20(6)7)24(43-45(12,13)30(8,9)10)28(41-21)36-17-32-22-25(36)33-29(35-27(22)39)34-26(38)18(2)3/h17-21,23-24,28H,14-16H2,1-10,12-13H3,(H2,33,34,35,38,39)/t21-,23-,24-,28-,44?/m1/s1. The van der Waals surface area contributed by atoms with Gasteiger partial charge in [-0.1, -0.05) is 41.5 Å². The van der Waals surface area contributed by atoms with Gasteiger partial charge in [-0.05, 0) is 52.2 Å². The normalized spacial score (nSPS) is 21.8. The summed E-state index contributed by atoms with van der Waals surface area (Å²) >= 11 is 0. The van der Waals surface area contributed by atoms with Crippen LogP contribution in [0.4, 0.5) is 5.95 Å². The smallest absolute Gasteiger partial charge is 0.280 e. The number of nitrogens with zero attached hydrogens (tertiary/aromatic N) is 5. The number of H-pyrrole nitrogens is 1. The molecule has 45 heavy (non-hydrogen) atoms. The van der Waals surface area contributed by atoms with Crippen LogP contribution in [0.25, 0.3) is 16.0 Å². The van der Waals surface area contributed by atoms with E-state index < -0.39 is 40.8 Å². The van der Waals surface area contributed by atoms with E-state index in [0.717, 1.165) is 0 Å². The van der Waals surface area contributed by atoms with Gasteiger partial charge in [-0.15, -0.1) is 0 Å². The summed E-state index contributed by atoms with van der Waals surface area (Å²) in [7, 11) is -4.00. The number of fused-ring (bicyclic) bond motifs is 1. The third-order valence-electron chi connectivity index (χ3n) is 8.26. The van der Waals surface area contributed by atoms with E-state index in [-0.39, 0.29) is 65.3 Å². The van der Waals surface area contributed by atoms with Crippen LogP contribution in [0.2, 0.25) is 18.1 Å². The maximum atomic E-state index is 13.0. The van der Waals surface area contributed by atoms with E-state index in [4.69, 9.17) is 24.8 Å². The zero-order valence-corrected chi connectivity index (χ0v) is 30.8. The molecule has 0 aromatic carbocycles. The fourth-order valence-corrected chi connectivity index (χ4v) is 7.90. The number of rotatable bonds is 14. The topological polar surface area (TPSA) is 137 Å². The summed E-state index contributed by atoms with van der Waals surface area (Å²) in [4.78, 5) is 40.5. The first kappa shape index (κ1) is 37.2. The first-order chi connectivity index (χ1) is 20.9. The second-order valence-corrected chi connectivity index (χ2v) is 20.0. The van der Waals surface area contributed by atoms with Crippen LogP contribution < -0.4 is 10.9 Å². The van der Waals surface area contributed by atoms with Gasteiger partial charge >= 0.3 is 0 Å². The van der Waals surface area contributed by atoms with Crippen molar-refractivity contribution < 1.29 is 23.0 Å². The summed E-state index contributed by atoms with van der Waals surface area (Å²) in [5.41, 5.74) is -0.0809. The lowest BCUT2D eigenvalue weighted by Gasteiger charge is -2.42. The molecule has 1 amide bonds. The molecule has 13 nitrogen and oxygen atoms in total. The monoisotopic (exact) mass is 665 g/mol. The van der Waals surface area contributed by atoms with Crippen LogP contribution in [0.5, 0.6) is 0 Å². The molecule has 1 aliphatic heterocycles. The van der Waals surface area contributed by atoms with Crippen molar-refractivity contribution >= 4 is 39.9 Å². The Hall–Kier alpha value is -2.24. The van der Waals surface area contributed by atoms with Gasteiger partial charge in [0.05, 0.1) is 12.4 Å². The number of amides is 1. The van der Waals surface area contributed by atoms with Gasteiger partial charge in [0.1, 0.15) is 18.8 Å². The Labute approximate surface area is 269 Å². The highest BCUT2D eigenvalue weighted by Crippen LogP contribution is 2.52. The molecule has 1 saturated heterocycles. The van der Waals surface area contributed by atoms with Crippen molar-refractivity contribution in [2.45, 2.75) is 130 Å². The maximum absolute atomic E-state index is 13.0. The molecular formula is C30H52N7O6PSi. The average Bonchev–Trinajstić information content (AvgIpc) is 3.48. The van der Waals surface area contributed by atoms with E-state index >= 15 is 0 Å². The maximum Gasteiger partial charge on any atom is 0.280 e. The van der Waals surface area contributed by atoms with Gasteiger partial charge in [-0.2, -0.15) is 4.98 Å². The van der Waals surface area contributed by atoms with E-state index in [0.29, 0.717) is 6.42 Å². The SMILES string of the molecule is [C-]#[N+]CCOP(O[C@H]1[C@@H](O[Si](C)(C)C(C)(C)C)[C@H](n2cnc3c(=O)[nH]c(NC(=O)C(C)C)nc32)O[C@@H]1CC)N(C(C)C)C(C)C. The van der Waals surface area contributed by atoms with E-state index in [2.05, 4.69) is 91.3 Å². The van der Waals surface area contributed by atoms with Crippen LogP contribution in [-0.2, 0) is 23.0 Å². The Morgan fingerprint density at radius 2 is 1.87 bits per heavy atom. The van der Waals surface area contributed by atoms with Crippen LogP contribution in [0.1, 0.15) is 81.9 Å². The lowest BCUT2D eigenvalue weighted by atomic mass is 10.1. The van der Waals surface area contributed by atoms with Crippen LogP contribution in [0.15, 0.2) is 11.1 Å². The van der Waals surface area contributed by atoms with E-state index in [1.54, 1.807) is 18.4 Å². The van der Waals surface area contributed by atoms with Gasteiger partial charge in [0.25, 0.3) is 14.1 Å². The average molecular weight is 666 g/mol. The molecule has 2 aromatic rings. The molecule has 0 bridgehead atoms. The van der Waals surface area contributed by atoms with Gasteiger partial charge in [0, 0.05) is 18.0 Å². The van der Waals surface area contributed by atoms with Gasteiger partial charge in [0.2, 0.25) is 18.4 Å². The van der Waals surface area contributed by atoms with Crippen LogP contribution in [0.3, 0.4) is 0 Å². The predicted octanol–water partition coefficient (Wildman–Crippen LogP) is 6.08. The minimum atomic E-state index is -2.41. The molecular weight excluding hydrogens is 613 g/mol. The number of aromatic nitrogens is 4. The highest BCUT2D eigenvalue weighted by Gasteiger charge is 2.53. The number of ether oxygens (including phenoxy) is 1. The molecule has 1 aliphatic rings. The lowest BCUT2D eigenvalue weighted by molar-refractivity contribution is -0.118. The highest BCUT2D eigenvalue weighted by molar-refractivity contribution is 7.44. The number of hydrogen-bond acceptors (Lipinski definition) is 9. The van der Waals surface area contributed by atoms with Crippen LogP contribution in [0, 0.1) is 12.5 Å². The molecule has 3 rings (SSSR count). The third-order valence-corrected chi connectivity index (χ3v) is 14.9. The van der Waals surface area contributed by atoms with Crippen molar-refractivity contribution in [2.24, 2.45) is 5.92 Å². The molecule has 0 radical (unpaired) electrons. The first-order valence-electron chi connectivity index (χ1n) is 15.8. The quantitative estimate of drug-likeness (QED) is 0.106. The van der Waals surface area contributed by atoms with Crippen molar-refractivity contribution in [3.63, 3.8) is 0 Å². The van der Waals surface area contributed by atoms with E-state index in [1.165, 1.54) is 6.33 Å². The minimum Gasteiger partial charge on any atom is -0.407 e. The van der Waals surface area contributed by atoms with Crippen molar-refractivity contribution in [1.29, 1.82) is 0 Å². The molecule has 1 unspecified atom stereocenters. The molecule has 5 atom stereocenters. The van der Waals surface area contributed by atoms with Crippen molar-refractivity contribution in [3.8, 4) is 0 Å². The van der Waals surface area contributed by atoms with E-state index in [1.807, 2.05) is 6.92 Å². The lowest BCUT2D eigenvalue weighted by Crippen LogP contribution is -2.49. The minimum absolute atomic E-state index is 0.0360. The largest absolute Gasteiger partial charge is 0.407 e. The molecule has 252 valence electrons. The van der Waals surface area contributed by atoms with Crippen molar-refractivity contribution in [2.75, 3.05) is 18.5 Å². The Balaban J connectivity index is 2.15. The van der Waals surface area contributed by atoms with Crippen LogP contribution >= 0.6 is 8.53 Å². The second-order valence-electron chi connectivity index (χ2n) is 13.8. The molecule has 0 spiro atoms. The molecule has 2 N–H and O–H groups in total. The molecule has 2 aromatic heterocycles. The third kappa shape index (κ3) is 8.57. The Morgan fingerprint density at radius 1 is 1.22 bits per heavy atom. The summed E-state index contributed by atoms with van der Waals surface area (Å²) in [5.74, 6) is -0.539. The number of hydrogen-bond donors (Lipinski definition) is 2. The van der Waals surface area contributed by atoms with E-state index in [9.17, 15) is 9.59 Å². The predicted molar refractivity (Wildman–Crippen MR) is 179 cm³/mol. The molecule has 3 heterocycles. The number of carbonyl (C=O) groups is 1. The summed E-state index contributed by atoms with van der Waals surface area (Å²) in [6.07, 6.45) is -0.0736. The fraction of sp³-hybridized carbons (Fsp3) is 0.767. The molecule has 0 saturated carbocycles. The van der Waals surface area contributed by atoms with Gasteiger partial charge in [-0.25, -0.2) is 16.2 Å². The Morgan fingerprint density at radius 3 is 2.40 bits per heavy atom. The fourth-order valence-electron chi connectivity index (χ4n) is 4.86. The summed E-state index contributed by atoms with van der Waals surface area (Å²) in [5, 5.41) is 2.57. The zero-order valence-electron chi connectivity index (χ0n) is 28.9. The number of anilines is 1. The van der Waals surface area contributed by atoms with Crippen molar-refractivity contribution in [3.05, 3.63) is 28.1 Å². The summed E-state index contributed by atoms with van der Waals surface area (Å²) in [6, 6.07) is 0.241. The summed E-state index contributed by atoms with van der Waals surface area (Å²) < 4.78 is 31.0. The van der Waals surface area contributed by atoms with Gasteiger partial charge < -0.3 is 23.1 Å². The summed E-state index contributed by atoms with van der Waals surface area (Å²) in [6.45, 7) is 32.6. The number of carbonyl (C=O) groups excluding carboxylic acids is 1. The number of aromatic amines is 1. The number of imidazole rings is 1. The van der Waals surface area contributed by atoms with Crippen molar-refractivity contribution in [1.82, 2.24) is 24.2 Å². The Kier molecular flexibility index (Phi) is 12.5. The highest BCUT2D eigenvalue weighted by atomic mass is 31.2. The first-order valence-corrected chi connectivity index (χ1v) is 19.8. The van der Waals surface area contributed by atoms with Crippen LogP contribution in [-0.4, -0.2) is 82.0 Å². The van der Waals surface area contributed by atoms with Gasteiger partial charge in [-0.3, -0.25) is 24.5 Å². The zero-order chi connectivity index (χ0) is 33.9. The molecule has 0 aliphatic carbocycles.